The fraction of sp³-hybridized carbons (Fsp3) is 0.333. The summed E-state index contributed by atoms with van der Waals surface area (Å²) in [6, 6.07) is 4.64. The van der Waals surface area contributed by atoms with Gasteiger partial charge in [-0.1, -0.05) is 12.1 Å². The summed E-state index contributed by atoms with van der Waals surface area (Å²) in [5.74, 6) is -1.25. The van der Waals surface area contributed by atoms with Gasteiger partial charge in [0.2, 0.25) is 15.9 Å². The molecular weight excluding hydrogens is 284 g/mol. The van der Waals surface area contributed by atoms with Crippen molar-refractivity contribution in [1.82, 2.24) is 10.0 Å². The van der Waals surface area contributed by atoms with Crippen molar-refractivity contribution in [3.8, 4) is 0 Å². The Hall–Kier alpha value is -1.93. The average molecular weight is 300 g/mol. The molecule has 1 amide bonds. The number of benzene rings is 1. The molecule has 110 valence electrons. The van der Waals surface area contributed by atoms with Crippen LogP contribution in [0.2, 0.25) is 0 Å². The maximum atomic E-state index is 12.2. The van der Waals surface area contributed by atoms with E-state index < -0.39 is 27.9 Å². The summed E-state index contributed by atoms with van der Waals surface area (Å²) in [7, 11) is -1.45. The van der Waals surface area contributed by atoms with E-state index in [9.17, 15) is 18.0 Å². The van der Waals surface area contributed by atoms with E-state index in [2.05, 4.69) is 14.8 Å². The molecule has 0 bridgehead atoms. The molecule has 0 radical (unpaired) electrons. The fourth-order valence-corrected chi connectivity index (χ4v) is 2.94. The Morgan fingerprint density at radius 3 is 2.40 bits per heavy atom. The van der Waals surface area contributed by atoms with Crippen LogP contribution in [0.25, 0.3) is 0 Å². The quantitative estimate of drug-likeness (QED) is 0.739. The Morgan fingerprint density at radius 2 is 1.85 bits per heavy atom. The van der Waals surface area contributed by atoms with Crippen LogP contribution in [-0.4, -0.2) is 40.5 Å². The molecule has 0 aliphatic rings. The molecule has 20 heavy (non-hydrogen) atoms. The topological polar surface area (TPSA) is 102 Å². The van der Waals surface area contributed by atoms with Crippen molar-refractivity contribution in [2.45, 2.75) is 17.9 Å². The lowest BCUT2D eigenvalue weighted by Gasteiger charge is -2.14. The van der Waals surface area contributed by atoms with E-state index in [1.165, 1.54) is 38.2 Å². The van der Waals surface area contributed by atoms with Crippen molar-refractivity contribution >= 4 is 21.9 Å². The monoisotopic (exact) mass is 300 g/mol. The third-order valence-electron chi connectivity index (χ3n) is 2.55. The first kappa shape index (κ1) is 16.1. The van der Waals surface area contributed by atoms with Gasteiger partial charge in [0.15, 0.2) is 0 Å². The van der Waals surface area contributed by atoms with Gasteiger partial charge >= 0.3 is 5.97 Å². The summed E-state index contributed by atoms with van der Waals surface area (Å²) in [5.41, 5.74) is -0.0911. The molecular formula is C12H16N2O5S. The van der Waals surface area contributed by atoms with E-state index in [1.807, 2.05) is 0 Å². The molecule has 1 unspecified atom stereocenters. The Kier molecular flexibility index (Phi) is 5.23. The molecule has 2 N–H and O–H groups in total. The SMILES string of the molecule is CNC(=O)C(C)NS(=O)(=O)c1ccccc1C(=O)OC. The molecule has 0 aromatic heterocycles. The van der Waals surface area contributed by atoms with Crippen molar-refractivity contribution in [2.75, 3.05) is 14.2 Å². The number of nitrogens with one attached hydrogen (secondary N) is 2. The van der Waals surface area contributed by atoms with Crippen LogP contribution in [-0.2, 0) is 19.6 Å². The number of methoxy groups -OCH3 is 1. The third kappa shape index (κ3) is 3.55. The number of likely N-dealkylation sites (N-methyl/N-ethyl adjacent to an activating group) is 1. The van der Waals surface area contributed by atoms with E-state index in [4.69, 9.17) is 0 Å². The highest BCUT2D eigenvalue weighted by atomic mass is 32.2. The van der Waals surface area contributed by atoms with E-state index in [0.717, 1.165) is 7.11 Å². The average Bonchev–Trinajstić information content (AvgIpc) is 2.44. The molecule has 1 aromatic carbocycles. The number of carbonyl (C=O) groups excluding carboxylic acids is 2. The predicted molar refractivity (Wildman–Crippen MR) is 71.6 cm³/mol. The number of rotatable bonds is 5. The van der Waals surface area contributed by atoms with Crippen LogP contribution < -0.4 is 10.0 Å². The maximum absolute atomic E-state index is 12.2. The second-order valence-corrected chi connectivity index (χ2v) is 5.63. The first-order valence-corrected chi connectivity index (χ1v) is 7.23. The molecule has 1 atom stereocenters. The lowest BCUT2D eigenvalue weighted by molar-refractivity contribution is -0.121. The van der Waals surface area contributed by atoms with E-state index in [-0.39, 0.29) is 10.5 Å². The van der Waals surface area contributed by atoms with Gasteiger partial charge in [-0.05, 0) is 19.1 Å². The van der Waals surface area contributed by atoms with Gasteiger partial charge in [-0.25, -0.2) is 13.2 Å². The van der Waals surface area contributed by atoms with Crippen LogP contribution in [0, 0.1) is 0 Å². The minimum absolute atomic E-state index is 0.0911. The highest BCUT2D eigenvalue weighted by molar-refractivity contribution is 7.89. The molecule has 0 aliphatic heterocycles. The number of hydrogen-bond acceptors (Lipinski definition) is 5. The smallest absolute Gasteiger partial charge is 0.339 e. The first-order chi connectivity index (χ1) is 9.33. The van der Waals surface area contributed by atoms with Gasteiger partial charge in [-0.15, -0.1) is 0 Å². The van der Waals surface area contributed by atoms with Crippen LogP contribution in [0.4, 0.5) is 0 Å². The van der Waals surface area contributed by atoms with Crippen molar-refractivity contribution in [1.29, 1.82) is 0 Å². The molecule has 0 spiro atoms. The fourth-order valence-electron chi connectivity index (χ4n) is 1.55. The normalized spacial score (nSPS) is 12.6. The van der Waals surface area contributed by atoms with Gasteiger partial charge in [0, 0.05) is 7.05 Å². The van der Waals surface area contributed by atoms with E-state index in [1.54, 1.807) is 0 Å². The molecule has 0 heterocycles. The minimum Gasteiger partial charge on any atom is -0.465 e. The maximum Gasteiger partial charge on any atom is 0.339 e. The third-order valence-corrected chi connectivity index (χ3v) is 4.15. The van der Waals surface area contributed by atoms with Crippen LogP contribution in [0.1, 0.15) is 17.3 Å². The highest BCUT2D eigenvalue weighted by Crippen LogP contribution is 2.16. The van der Waals surface area contributed by atoms with E-state index >= 15 is 0 Å². The zero-order valence-corrected chi connectivity index (χ0v) is 12.2. The lowest BCUT2D eigenvalue weighted by Crippen LogP contribution is -2.43. The lowest BCUT2D eigenvalue weighted by atomic mass is 10.2. The Balaban J connectivity index is 3.17. The van der Waals surface area contributed by atoms with Crippen molar-refractivity contribution in [3.63, 3.8) is 0 Å². The Labute approximate surface area is 117 Å². The largest absolute Gasteiger partial charge is 0.465 e. The second kappa shape index (κ2) is 6.49. The minimum atomic E-state index is -4.01. The number of sulfonamides is 1. The Morgan fingerprint density at radius 1 is 1.25 bits per heavy atom. The first-order valence-electron chi connectivity index (χ1n) is 5.74. The number of carbonyl (C=O) groups is 2. The second-order valence-electron chi connectivity index (χ2n) is 3.94. The molecule has 0 saturated heterocycles. The molecule has 7 nitrogen and oxygen atoms in total. The highest BCUT2D eigenvalue weighted by Gasteiger charge is 2.26. The number of ether oxygens (including phenoxy) is 1. The summed E-state index contributed by atoms with van der Waals surface area (Å²) in [5, 5.41) is 2.33. The van der Waals surface area contributed by atoms with Crippen LogP contribution in [0.5, 0.6) is 0 Å². The van der Waals surface area contributed by atoms with Crippen LogP contribution in [0.3, 0.4) is 0 Å². The number of hydrogen-bond donors (Lipinski definition) is 2. The van der Waals surface area contributed by atoms with Gasteiger partial charge in [0.25, 0.3) is 0 Å². The van der Waals surface area contributed by atoms with Gasteiger partial charge in [0.1, 0.15) is 0 Å². The van der Waals surface area contributed by atoms with Gasteiger partial charge < -0.3 is 10.1 Å². The van der Waals surface area contributed by atoms with Crippen molar-refractivity contribution in [3.05, 3.63) is 29.8 Å². The van der Waals surface area contributed by atoms with E-state index in [0.29, 0.717) is 0 Å². The van der Waals surface area contributed by atoms with Crippen molar-refractivity contribution in [2.24, 2.45) is 0 Å². The summed E-state index contributed by atoms with van der Waals surface area (Å²) >= 11 is 0. The summed E-state index contributed by atoms with van der Waals surface area (Å²) in [4.78, 5) is 22.7. The standard InChI is InChI=1S/C12H16N2O5S/c1-8(11(15)13-2)14-20(17,18)10-7-5-4-6-9(10)12(16)19-3/h4-8,14H,1-3H3,(H,13,15). The zero-order chi connectivity index (χ0) is 15.3. The summed E-state index contributed by atoms with van der Waals surface area (Å²) < 4.78 is 31.1. The molecule has 0 saturated carbocycles. The number of esters is 1. The van der Waals surface area contributed by atoms with Gasteiger partial charge in [-0.3, -0.25) is 4.79 Å². The molecule has 1 rings (SSSR count). The molecule has 0 aliphatic carbocycles. The summed E-state index contributed by atoms with van der Waals surface area (Å²) in [6.07, 6.45) is 0. The summed E-state index contributed by atoms with van der Waals surface area (Å²) in [6.45, 7) is 1.40. The number of amides is 1. The Bertz CT molecular complexity index is 612. The molecule has 0 fully saturated rings. The zero-order valence-electron chi connectivity index (χ0n) is 11.3. The van der Waals surface area contributed by atoms with Crippen LogP contribution >= 0.6 is 0 Å². The van der Waals surface area contributed by atoms with Gasteiger partial charge in [-0.2, -0.15) is 4.72 Å². The molecule has 1 aromatic rings. The van der Waals surface area contributed by atoms with Gasteiger partial charge in [0.05, 0.1) is 23.6 Å². The molecule has 8 heteroatoms. The van der Waals surface area contributed by atoms with Crippen LogP contribution in [0.15, 0.2) is 29.2 Å². The predicted octanol–water partition coefficient (Wildman–Crippen LogP) is -0.114. The van der Waals surface area contributed by atoms with Crippen molar-refractivity contribution < 1.29 is 22.7 Å².